The van der Waals surface area contributed by atoms with Gasteiger partial charge in [0.05, 0.1) is 15.8 Å². The minimum atomic E-state index is -5.84. The molecule has 1 N–H and O–H groups in total. The summed E-state index contributed by atoms with van der Waals surface area (Å²) in [4.78, 5) is 0. The number of hydrogen-bond donors (Lipinski definition) is 1. The monoisotopic (exact) mass is 823 g/mol. The molecule has 0 aliphatic carbocycles. The van der Waals surface area contributed by atoms with Crippen LogP contribution in [-0.2, 0) is 30.5 Å². The van der Waals surface area contributed by atoms with Crippen LogP contribution in [0.25, 0.3) is 0 Å². The molecule has 6 aromatic carbocycles. The van der Waals surface area contributed by atoms with Crippen LogP contribution in [-0.4, -0.2) is 27.3 Å². The summed E-state index contributed by atoms with van der Waals surface area (Å²) in [6.07, 6.45) is 0. The molecule has 0 aliphatic rings. The predicted octanol–water partition coefficient (Wildman–Crippen LogP) is 5.30. The summed E-state index contributed by atoms with van der Waals surface area (Å²) in [5, 5.41) is 11.8. The Bertz CT molecular complexity index is 1820. The Kier molecular flexibility index (Phi) is 13.9. The van der Waals surface area contributed by atoms with E-state index in [2.05, 4.69) is 176 Å². The summed E-state index contributed by atoms with van der Waals surface area (Å²) in [6.45, 7) is 2.51. The molecule has 0 bridgehead atoms. The second kappa shape index (κ2) is 17.6. The van der Waals surface area contributed by atoms with E-state index < -0.39 is 40.3 Å². The average Bonchev–Trinajstić information content (AvgIpc) is 3.10. The third kappa shape index (κ3) is 9.72. The van der Waals surface area contributed by atoms with Gasteiger partial charge in [0.25, 0.3) is 0 Å². The number of alkyl halides is 3. The smallest absolute Gasteiger partial charge is 0.279 e. The van der Waals surface area contributed by atoms with Crippen molar-refractivity contribution in [1.82, 2.24) is 0 Å². The van der Waals surface area contributed by atoms with Crippen molar-refractivity contribution < 1.29 is 46.6 Å². The number of halogens is 3. The third-order valence-corrected chi connectivity index (χ3v) is 16.9. The van der Waals surface area contributed by atoms with Gasteiger partial charge in [-0.1, -0.05) is 116 Å². The first kappa shape index (κ1) is 38.6. The summed E-state index contributed by atoms with van der Waals surface area (Å²) >= 11 is 0. The SMILES string of the molecule is C[Si](c1ccccc1[PH+](c1ccccc1)c1ccccc1)c1ccccc1[PH+](c1ccccc1)c1ccccc1.O=S(=O)(O)C(F)(F)F.[Pd]. The zero-order valence-electron chi connectivity index (χ0n) is 26.3. The molecule has 0 spiro atoms. The first-order valence-corrected chi connectivity index (χ1v) is 21.5. The van der Waals surface area contributed by atoms with Gasteiger partial charge in [0.2, 0.25) is 0 Å². The Morgan fingerprint density at radius 3 is 0.959 bits per heavy atom. The van der Waals surface area contributed by atoms with Crippen LogP contribution in [0.4, 0.5) is 13.2 Å². The zero-order valence-corrected chi connectivity index (χ0v) is 31.7. The molecule has 0 saturated heterocycles. The molecule has 0 atom stereocenters. The minimum Gasteiger partial charge on any atom is -0.279 e. The fourth-order valence-electron chi connectivity index (χ4n) is 5.58. The Balaban J connectivity index is 0.000000538. The molecule has 0 unspecified atom stereocenters. The predicted molar refractivity (Wildman–Crippen MR) is 202 cm³/mol. The largest absolute Gasteiger partial charge is 0.522 e. The van der Waals surface area contributed by atoms with Crippen molar-refractivity contribution in [3.8, 4) is 0 Å². The van der Waals surface area contributed by atoms with Gasteiger partial charge in [-0.3, -0.25) is 4.55 Å². The summed E-state index contributed by atoms with van der Waals surface area (Å²) in [7, 11) is -9.23. The molecule has 6 aromatic rings. The molecule has 49 heavy (non-hydrogen) atoms. The summed E-state index contributed by atoms with van der Waals surface area (Å²) in [5.74, 6) is 0. The normalized spacial score (nSPS) is 11.5. The van der Waals surface area contributed by atoms with Crippen molar-refractivity contribution in [2.75, 3.05) is 0 Å². The van der Waals surface area contributed by atoms with Crippen molar-refractivity contribution in [1.29, 1.82) is 0 Å². The Morgan fingerprint density at radius 1 is 0.490 bits per heavy atom. The van der Waals surface area contributed by atoms with Crippen LogP contribution in [0.3, 0.4) is 0 Å². The molecule has 253 valence electrons. The van der Waals surface area contributed by atoms with Crippen LogP contribution in [0, 0.1) is 0 Å². The quantitative estimate of drug-likeness (QED) is 0.0983. The van der Waals surface area contributed by atoms with Crippen molar-refractivity contribution in [3.63, 3.8) is 0 Å². The van der Waals surface area contributed by atoms with Gasteiger partial charge in [-0.2, -0.15) is 21.6 Å². The van der Waals surface area contributed by atoms with Crippen molar-refractivity contribution >= 4 is 77.0 Å². The fourth-order valence-corrected chi connectivity index (χ4v) is 14.7. The van der Waals surface area contributed by atoms with E-state index in [1.54, 1.807) is 0 Å². The van der Waals surface area contributed by atoms with Crippen LogP contribution in [0.2, 0.25) is 6.55 Å². The molecule has 0 aromatic heterocycles. The molecule has 0 heterocycles. The second-order valence-corrected chi connectivity index (χ2v) is 19.5. The van der Waals surface area contributed by atoms with E-state index in [0.29, 0.717) is 0 Å². The van der Waals surface area contributed by atoms with E-state index in [4.69, 9.17) is 13.0 Å². The van der Waals surface area contributed by atoms with Gasteiger partial charge in [0, 0.05) is 20.4 Å². The topological polar surface area (TPSA) is 54.4 Å². The van der Waals surface area contributed by atoms with Crippen LogP contribution in [0.1, 0.15) is 0 Å². The van der Waals surface area contributed by atoms with Crippen LogP contribution in [0.15, 0.2) is 170 Å². The molecule has 0 fully saturated rings. The molecule has 11 heteroatoms. The van der Waals surface area contributed by atoms with E-state index in [0.717, 1.165) is 0 Å². The Labute approximate surface area is 303 Å². The van der Waals surface area contributed by atoms with E-state index in [1.165, 1.54) is 42.2 Å². The van der Waals surface area contributed by atoms with Crippen LogP contribution in [0.5, 0.6) is 0 Å². The fraction of sp³-hybridized carbons (Fsp3) is 0.0526. The first-order valence-electron chi connectivity index (χ1n) is 15.1. The maximum Gasteiger partial charge on any atom is 0.522 e. The van der Waals surface area contributed by atoms with E-state index in [9.17, 15) is 13.2 Å². The minimum absolute atomic E-state index is 0. The van der Waals surface area contributed by atoms with Crippen molar-refractivity contribution in [2.45, 2.75) is 12.1 Å². The van der Waals surface area contributed by atoms with Gasteiger partial charge in [-0.05, 0) is 71.0 Å². The molecule has 0 aliphatic heterocycles. The molecule has 0 saturated carbocycles. The van der Waals surface area contributed by atoms with Crippen molar-refractivity contribution in [3.05, 3.63) is 170 Å². The maximum atomic E-state index is 10.7. The summed E-state index contributed by atoms with van der Waals surface area (Å²) in [6, 6.07) is 63.1. The van der Waals surface area contributed by atoms with Gasteiger partial charge in [-0.15, -0.1) is 0 Å². The van der Waals surface area contributed by atoms with E-state index in [-0.39, 0.29) is 20.4 Å². The number of benzene rings is 6. The van der Waals surface area contributed by atoms with E-state index >= 15 is 0 Å². The summed E-state index contributed by atoms with van der Waals surface area (Å²) in [5.41, 5.74) is -5.53. The van der Waals surface area contributed by atoms with Gasteiger partial charge >= 0.3 is 15.6 Å². The average molecular weight is 824 g/mol. The molecule has 0 amide bonds. The maximum absolute atomic E-state index is 10.7. The van der Waals surface area contributed by atoms with Gasteiger partial charge in [0.1, 0.15) is 40.6 Å². The first-order chi connectivity index (χ1) is 23.1. The molecule has 1 radical (unpaired) electrons. The second-order valence-electron chi connectivity index (χ2n) is 10.9. The molecular formula is C38H34F3O3P2PdSSi+2. The summed E-state index contributed by atoms with van der Waals surface area (Å²) < 4.78 is 57.5. The van der Waals surface area contributed by atoms with Gasteiger partial charge in [0.15, 0.2) is 0 Å². The van der Waals surface area contributed by atoms with Gasteiger partial charge in [-0.25, -0.2) is 0 Å². The van der Waals surface area contributed by atoms with Gasteiger partial charge < -0.3 is 0 Å². The molecule has 6 rings (SSSR count). The van der Waals surface area contributed by atoms with E-state index in [1.807, 2.05) is 0 Å². The van der Waals surface area contributed by atoms with Crippen molar-refractivity contribution in [2.24, 2.45) is 0 Å². The zero-order chi connectivity index (χ0) is 34.1. The van der Waals surface area contributed by atoms with Crippen LogP contribution >= 0.6 is 15.8 Å². The Morgan fingerprint density at radius 2 is 0.714 bits per heavy atom. The van der Waals surface area contributed by atoms with Crippen LogP contribution < -0.4 is 42.2 Å². The third-order valence-electron chi connectivity index (χ3n) is 7.74. The number of hydrogen-bond acceptors (Lipinski definition) is 2. The molecular weight excluding hydrogens is 790 g/mol. The Hall–Kier alpha value is -3.24. The standard InChI is InChI=1S/C37H31P2Si.CHF3O3S.Pd/c1-40(36-28-16-14-26-34(36)38(30-18-6-2-7-19-30)31-20-8-3-9-21-31)37-29-17-15-27-35(37)39(32-22-10-4-11-23-32)33-24-12-5-13-25-33;2-1(3,4)8(5,6)7;/h2-29H,1H3;(H,5,6,7);/p+2. The molecule has 3 nitrogen and oxygen atoms in total. The number of rotatable bonds is 8.